The smallest absolute Gasteiger partial charge is 0.222 e. The van der Waals surface area contributed by atoms with Crippen molar-refractivity contribution >= 4 is 5.91 Å². The Kier molecular flexibility index (Phi) is 5.45. The minimum Gasteiger partial charge on any atom is -0.497 e. The Morgan fingerprint density at radius 2 is 1.90 bits per heavy atom. The molecular weight excluding hydrogens is 250 g/mol. The molecule has 0 unspecified atom stereocenters. The van der Waals surface area contributed by atoms with Gasteiger partial charge in [-0.25, -0.2) is 0 Å². The quantitative estimate of drug-likeness (QED) is 0.825. The van der Waals surface area contributed by atoms with Crippen LogP contribution in [0.15, 0.2) is 24.3 Å². The van der Waals surface area contributed by atoms with Gasteiger partial charge in [0.2, 0.25) is 5.91 Å². The molecule has 3 heteroatoms. The summed E-state index contributed by atoms with van der Waals surface area (Å²) in [5.74, 6) is 1.98. The first kappa shape index (κ1) is 14.9. The molecule has 0 saturated carbocycles. The second-order valence-corrected chi connectivity index (χ2v) is 5.56. The predicted molar refractivity (Wildman–Crippen MR) is 80.9 cm³/mol. The summed E-state index contributed by atoms with van der Waals surface area (Å²) in [4.78, 5) is 13.6. The van der Waals surface area contributed by atoms with Crippen LogP contribution >= 0.6 is 0 Å². The number of ether oxygens (including phenoxy) is 1. The van der Waals surface area contributed by atoms with E-state index in [4.69, 9.17) is 4.74 Å². The average molecular weight is 275 g/mol. The van der Waals surface area contributed by atoms with Gasteiger partial charge in [0.05, 0.1) is 7.11 Å². The molecule has 0 bridgehead atoms. The summed E-state index contributed by atoms with van der Waals surface area (Å²) in [6.45, 7) is 3.83. The van der Waals surface area contributed by atoms with Gasteiger partial charge in [0.1, 0.15) is 5.75 Å². The Hall–Kier alpha value is -1.51. The number of methoxy groups -OCH3 is 1. The molecule has 0 aliphatic carbocycles. The molecule has 20 heavy (non-hydrogen) atoms. The highest BCUT2D eigenvalue weighted by Crippen LogP contribution is 2.23. The van der Waals surface area contributed by atoms with Crippen molar-refractivity contribution in [3.8, 4) is 5.75 Å². The van der Waals surface area contributed by atoms with Crippen LogP contribution in [0.25, 0.3) is 0 Å². The summed E-state index contributed by atoms with van der Waals surface area (Å²) in [6.07, 6.45) is 5.29. The fourth-order valence-electron chi connectivity index (χ4n) is 2.86. The summed E-state index contributed by atoms with van der Waals surface area (Å²) >= 11 is 0. The molecular formula is C17H25NO2. The maximum atomic E-state index is 11.6. The second-order valence-electron chi connectivity index (χ2n) is 5.56. The first-order chi connectivity index (χ1) is 9.72. The molecule has 3 nitrogen and oxygen atoms in total. The topological polar surface area (TPSA) is 29.5 Å². The third-order valence-electron chi connectivity index (χ3n) is 4.27. The lowest BCUT2D eigenvalue weighted by Crippen LogP contribution is -2.38. The molecule has 1 heterocycles. The van der Waals surface area contributed by atoms with E-state index in [0.29, 0.717) is 12.3 Å². The highest BCUT2D eigenvalue weighted by atomic mass is 16.5. The molecule has 1 fully saturated rings. The summed E-state index contributed by atoms with van der Waals surface area (Å²) in [7, 11) is 1.69. The average Bonchev–Trinajstić information content (AvgIpc) is 2.53. The zero-order valence-corrected chi connectivity index (χ0v) is 12.6. The van der Waals surface area contributed by atoms with Crippen molar-refractivity contribution in [2.75, 3.05) is 20.2 Å². The minimum absolute atomic E-state index is 0.304. The van der Waals surface area contributed by atoms with E-state index in [-0.39, 0.29) is 0 Å². The zero-order valence-electron chi connectivity index (χ0n) is 12.6. The van der Waals surface area contributed by atoms with E-state index in [0.717, 1.165) is 44.0 Å². The molecule has 0 spiro atoms. The lowest BCUT2D eigenvalue weighted by molar-refractivity contribution is -0.132. The maximum absolute atomic E-state index is 11.6. The highest BCUT2D eigenvalue weighted by Gasteiger charge is 2.21. The van der Waals surface area contributed by atoms with E-state index in [1.165, 1.54) is 12.0 Å². The lowest BCUT2D eigenvalue weighted by atomic mass is 9.90. The number of benzene rings is 1. The minimum atomic E-state index is 0.304. The fourth-order valence-corrected chi connectivity index (χ4v) is 2.86. The van der Waals surface area contributed by atoms with Crippen molar-refractivity contribution < 1.29 is 9.53 Å². The van der Waals surface area contributed by atoms with Gasteiger partial charge in [-0.1, -0.05) is 19.1 Å². The molecule has 0 atom stereocenters. The molecule has 1 amide bonds. The highest BCUT2D eigenvalue weighted by molar-refractivity contribution is 5.75. The molecule has 2 rings (SSSR count). The van der Waals surface area contributed by atoms with E-state index in [9.17, 15) is 4.79 Å². The summed E-state index contributed by atoms with van der Waals surface area (Å²) < 4.78 is 5.17. The number of carbonyl (C=O) groups is 1. The predicted octanol–water partition coefficient (Wildman–Crippen LogP) is 3.28. The molecule has 1 aromatic carbocycles. The van der Waals surface area contributed by atoms with E-state index in [1.54, 1.807) is 7.11 Å². The van der Waals surface area contributed by atoms with Crippen molar-refractivity contribution in [2.45, 2.75) is 39.0 Å². The van der Waals surface area contributed by atoms with Gasteiger partial charge in [0.15, 0.2) is 0 Å². The molecule has 1 aromatic rings. The van der Waals surface area contributed by atoms with Crippen LogP contribution in [0.5, 0.6) is 5.75 Å². The van der Waals surface area contributed by atoms with Crippen LogP contribution in [0.4, 0.5) is 0 Å². The van der Waals surface area contributed by atoms with E-state index < -0.39 is 0 Å². The Morgan fingerprint density at radius 3 is 2.45 bits per heavy atom. The van der Waals surface area contributed by atoms with Crippen molar-refractivity contribution in [1.82, 2.24) is 4.90 Å². The van der Waals surface area contributed by atoms with Crippen molar-refractivity contribution in [3.05, 3.63) is 29.8 Å². The monoisotopic (exact) mass is 275 g/mol. The maximum Gasteiger partial charge on any atom is 0.222 e. The van der Waals surface area contributed by atoms with Crippen LogP contribution in [0, 0.1) is 5.92 Å². The van der Waals surface area contributed by atoms with E-state index >= 15 is 0 Å². The number of hydrogen-bond donors (Lipinski definition) is 0. The van der Waals surface area contributed by atoms with Gasteiger partial charge in [0, 0.05) is 19.5 Å². The van der Waals surface area contributed by atoms with Crippen molar-refractivity contribution in [1.29, 1.82) is 0 Å². The molecule has 0 aromatic heterocycles. The Bertz CT molecular complexity index is 419. The van der Waals surface area contributed by atoms with Crippen LogP contribution in [0.3, 0.4) is 0 Å². The Balaban J connectivity index is 1.74. The van der Waals surface area contributed by atoms with Crippen LogP contribution in [-0.2, 0) is 11.2 Å². The molecule has 0 radical (unpaired) electrons. The van der Waals surface area contributed by atoms with Crippen LogP contribution < -0.4 is 4.74 Å². The Labute approximate surface area is 121 Å². The molecule has 1 aliphatic rings. The number of hydrogen-bond acceptors (Lipinski definition) is 2. The summed E-state index contributed by atoms with van der Waals surface area (Å²) in [5, 5.41) is 0. The normalized spacial score (nSPS) is 16.2. The number of amides is 1. The van der Waals surface area contributed by atoms with Gasteiger partial charge in [-0.15, -0.1) is 0 Å². The molecule has 0 N–H and O–H groups in total. The van der Waals surface area contributed by atoms with Gasteiger partial charge >= 0.3 is 0 Å². The number of aryl methyl sites for hydroxylation is 1. The van der Waals surface area contributed by atoms with Crippen molar-refractivity contribution in [3.63, 3.8) is 0 Å². The van der Waals surface area contributed by atoms with Gasteiger partial charge in [-0.3, -0.25) is 4.79 Å². The van der Waals surface area contributed by atoms with Gasteiger partial charge in [-0.05, 0) is 49.3 Å². The molecule has 1 saturated heterocycles. The van der Waals surface area contributed by atoms with Gasteiger partial charge < -0.3 is 9.64 Å². The number of piperidine rings is 1. The largest absolute Gasteiger partial charge is 0.497 e. The molecule has 1 aliphatic heterocycles. The third kappa shape index (κ3) is 3.99. The van der Waals surface area contributed by atoms with E-state index in [1.807, 2.05) is 24.0 Å². The fraction of sp³-hybridized carbons (Fsp3) is 0.588. The SMILES string of the molecule is CCC(=O)N1CCC(CCc2ccc(OC)cc2)CC1. The molecule has 110 valence electrons. The number of rotatable bonds is 5. The van der Waals surface area contributed by atoms with Crippen LogP contribution in [0.2, 0.25) is 0 Å². The number of carbonyl (C=O) groups excluding carboxylic acids is 1. The summed E-state index contributed by atoms with van der Waals surface area (Å²) in [6, 6.07) is 8.35. The number of likely N-dealkylation sites (tertiary alicyclic amines) is 1. The lowest BCUT2D eigenvalue weighted by Gasteiger charge is -2.32. The van der Waals surface area contributed by atoms with Crippen molar-refractivity contribution in [2.24, 2.45) is 5.92 Å². The van der Waals surface area contributed by atoms with E-state index in [2.05, 4.69) is 12.1 Å². The number of nitrogens with zero attached hydrogens (tertiary/aromatic N) is 1. The first-order valence-electron chi connectivity index (χ1n) is 7.63. The first-order valence-corrected chi connectivity index (χ1v) is 7.63. The van der Waals surface area contributed by atoms with Gasteiger partial charge in [0.25, 0.3) is 0 Å². The zero-order chi connectivity index (χ0) is 14.4. The second kappa shape index (κ2) is 7.32. The third-order valence-corrected chi connectivity index (χ3v) is 4.27. The van der Waals surface area contributed by atoms with Crippen LogP contribution in [0.1, 0.15) is 38.2 Å². The Morgan fingerprint density at radius 1 is 1.25 bits per heavy atom. The van der Waals surface area contributed by atoms with Crippen LogP contribution in [-0.4, -0.2) is 31.0 Å². The van der Waals surface area contributed by atoms with Gasteiger partial charge in [-0.2, -0.15) is 0 Å². The standard InChI is InChI=1S/C17H25NO2/c1-3-17(19)18-12-10-15(11-13-18)5-4-14-6-8-16(20-2)9-7-14/h6-9,15H,3-5,10-13H2,1-2H3. The summed E-state index contributed by atoms with van der Waals surface area (Å²) in [5.41, 5.74) is 1.37.